The number of fused-ring (bicyclic) bond motifs is 1. The van der Waals surface area contributed by atoms with Crippen molar-refractivity contribution in [3.63, 3.8) is 0 Å². The van der Waals surface area contributed by atoms with Crippen LogP contribution in [0.3, 0.4) is 0 Å². The van der Waals surface area contributed by atoms with Crippen molar-refractivity contribution in [3.05, 3.63) is 52.6 Å². The molecule has 0 radical (unpaired) electrons. The van der Waals surface area contributed by atoms with E-state index in [4.69, 9.17) is 18.6 Å². The largest absolute Gasteiger partial charge is 0.490 e. The first-order chi connectivity index (χ1) is 14.1. The summed E-state index contributed by atoms with van der Waals surface area (Å²) in [6, 6.07) is 8.32. The van der Waals surface area contributed by atoms with Gasteiger partial charge in [-0.15, -0.1) is 0 Å². The number of carbonyl (C=O) groups is 2. The normalized spacial score (nSPS) is 18.3. The van der Waals surface area contributed by atoms with Gasteiger partial charge in [0.1, 0.15) is 12.9 Å². The molecule has 1 atom stereocenters. The van der Waals surface area contributed by atoms with E-state index in [1.165, 1.54) is 7.11 Å². The lowest BCUT2D eigenvalue weighted by Gasteiger charge is -2.36. The van der Waals surface area contributed by atoms with Crippen LogP contribution in [0.5, 0.6) is 17.2 Å². The number of hydrogen-bond acceptors (Lipinski definition) is 7. The predicted molar refractivity (Wildman–Crippen MR) is 100 cm³/mol. The van der Waals surface area contributed by atoms with Crippen molar-refractivity contribution in [2.75, 3.05) is 39.9 Å². The minimum atomic E-state index is -0.716. The smallest absolute Gasteiger partial charge is 0.289 e. The summed E-state index contributed by atoms with van der Waals surface area (Å²) in [5, 5.41) is 0. The highest BCUT2D eigenvalue weighted by molar-refractivity contribution is 5.91. The first kappa shape index (κ1) is 18.9. The molecular formula is C20H20N2O7. The van der Waals surface area contributed by atoms with E-state index >= 15 is 0 Å². The molecule has 0 aliphatic carbocycles. The molecule has 0 spiro atoms. The number of ether oxygens (including phenoxy) is 3. The average Bonchev–Trinajstić information content (AvgIpc) is 2.77. The first-order valence-electron chi connectivity index (χ1n) is 9.20. The molecule has 2 amide bonds. The number of amides is 2. The number of rotatable bonds is 3. The van der Waals surface area contributed by atoms with E-state index < -0.39 is 17.4 Å². The lowest BCUT2D eigenvalue weighted by molar-refractivity contribution is -0.142. The van der Waals surface area contributed by atoms with Gasteiger partial charge in [-0.3, -0.25) is 14.4 Å². The van der Waals surface area contributed by atoms with E-state index in [-0.39, 0.29) is 24.0 Å². The van der Waals surface area contributed by atoms with Crippen LogP contribution < -0.4 is 19.6 Å². The third kappa shape index (κ3) is 3.75. The Morgan fingerprint density at radius 3 is 2.45 bits per heavy atom. The van der Waals surface area contributed by atoms with E-state index in [9.17, 15) is 14.4 Å². The molecule has 29 heavy (non-hydrogen) atoms. The maximum Gasteiger partial charge on any atom is 0.289 e. The zero-order chi connectivity index (χ0) is 20.4. The number of nitrogens with zero attached hydrogens (tertiary/aromatic N) is 2. The minimum absolute atomic E-state index is 0.0354. The van der Waals surface area contributed by atoms with Crippen LogP contribution in [0.4, 0.5) is 0 Å². The Bertz CT molecular complexity index is 979. The van der Waals surface area contributed by atoms with Gasteiger partial charge in [-0.1, -0.05) is 12.1 Å². The van der Waals surface area contributed by atoms with Gasteiger partial charge in [-0.05, 0) is 12.1 Å². The number of piperazine rings is 1. The SMILES string of the molecule is COc1coc(C(=O)N2CCN(C(=O)C3COc4ccccc4O3)CC2)cc1=O. The van der Waals surface area contributed by atoms with Crippen molar-refractivity contribution in [2.24, 2.45) is 0 Å². The molecule has 1 unspecified atom stereocenters. The van der Waals surface area contributed by atoms with Crippen molar-refractivity contribution in [2.45, 2.75) is 6.10 Å². The standard InChI is InChI=1S/C20H20N2O7/c1-26-17-11-28-16(10-13(17)23)19(24)21-6-8-22(9-7-21)20(25)18-12-27-14-4-2-3-5-15(14)29-18/h2-5,10-11,18H,6-9,12H2,1H3. The fourth-order valence-electron chi connectivity index (χ4n) is 3.29. The van der Waals surface area contributed by atoms with Crippen LogP contribution in [-0.2, 0) is 4.79 Å². The van der Waals surface area contributed by atoms with Gasteiger partial charge in [0.25, 0.3) is 11.8 Å². The summed E-state index contributed by atoms with van der Waals surface area (Å²) in [6.07, 6.45) is 0.403. The summed E-state index contributed by atoms with van der Waals surface area (Å²) in [5.41, 5.74) is -0.425. The highest BCUT2D eigenvalue weighted by Gasteiger charge is 2.34. The van der Waals surface area contributed by atoms with Crippen LogP contribution in [0.25, 0.3) is 0 Å². The second-order valence-corrected chi connectivity index (χ2v) is 6.66. The zero-order valence-corrected chi connectivity index (χ0v) is 15.8. The Morgan fingerprint density at radius 1 is 1.07 bits per heavy atom. The fraction of sp³-hybridized carbons (Fsp3) is 0.350. The molecule has 2 aliphatic heterocycles. The molecule has 152 valence electrons. The van der Waals surface area contributed by atoms with E-state index in [1.807, 2.05) is 12.1 Å². The van der Waals surface area contributed by atoms with Crippen LogP contribution in [0, 0.1) is 0 Å². The van der Waals surface area contributed by atoms with Crippen LogP contribution >= 0.6 is 0 Å². The number of methoxy groups -OCH3 is 1. The van der Waals surface area contributed by atoms with Crippen LogP contribution in [-0.4, -0.2) is 67.6 Å². The number of hydrogen-bond donors (Lipinski definition) is 0. The topological polar surface area (TPSA) is 98.5 Å². The molecule has 0 bridgehead atoms. The maximum atomic E-state index is 12.8. The summed E-state index contributed by atoms with van der Waals surface area (Å²) in [6.45, 7) is 1.50. The molecule has 0 saturated carbocycles. The Kier molecular flexibility index (Phi) is 5.11. The van der Waals surface area contributed by atoms with Gasteiger partial charge >= 0.3 is 0 Å². The minimum Gasteiger partial charge on any atom is -0.490 e. The Hall–Kier alpha value is -3.49. The Balaban J connectivity index is 1.36. The van der Waals surface area contributed by atoms with Gasteiger partial charge in [0, 0.05) is 32.2 Å². The van der Waals surface area contributed by atoms with Crippen molar-refractivity contribution < 1.29 is 28.2 Å². The molecule has 1 saturated heterocycles. The van der Waals surface area contributed by atoms with Gasteiger partial charge in [-0.25, -0.2) is 0 Å². The molecule has 2 aliphatic rings. The second kappa shape index (κ2) is 7.86. The fourth-order valence-corrected chi connectivity index (χ4v) is 3.29. The summed E-state index contributed by atoms with van der Waals surface area (Å²) in [7, 11) is 1.35. The Morgan fingerprint density at radius 2 is 1.76 bits per heavy atom. The summed E-state index contributed by atoms with van der Waals surface area (Å²) in [4.78, 5) is 40.4. The Labute approximate surface area is 166 Å². The summed E-state index contributed by atoms with van der Waals surface area (Å²) >= 11 is 0. The molecule has 3 heterocycles. The van der Waals surface area contributed by atoms with E-state index in [2.05, 4.69) is 0 Å². The molecule has 0 N–H and O–H groups in total. The van der Waals surface area contributed by atoms with E-state index in [0.29, 0.717) is 37.7 Å². The molecule has 2 aromatic rings. The average molecular weight is 400 g/mol. The summed E-state index contributed by atoms with van der Waals surface area (Å²) in [5.74, 6) is 0.559. The molecule has 9 heteroatoms. The molecular weight excluding hydrogens is 380 g/mol. The van der Waals surface area contributed by atoms with Gasteiger partial charge < -0.3 is 28.4 Å². The number of benzene rings is 1. The second-order valence-electron chi connectivity index (χ2n) is 6.66. The molecule has 9 nitrogen and oxygen atoms in total. The molecule has 1 aromatic heterocycles. The van der Waals surface area contributed by atoms with Crippen molar-refractivity contribution in [1.29, 1.82) is 0 Å². The third-order valence-corrected chi connectivity index (χ3v) is 4.89. The lowest BCUT2D eigenvalue weighted by Crippen LogP contribution is -2.55. The van der Waals surface area contributed by atoms with E-state index in [1.54, 1.807) is 21.9 Å². The van der Waals surface area contributed by atoms with Crippen LogP contribution in [0.1, 0.15) is 10.6 Å². The number of carbonyl (C=O) groups excluding carboxylic acids is 2. The quantitative estimate of drug-likeness (QED) is 0.751. The van der Waals surface area contributed by atoms with Gasteiger partial charge in [0.05, 0.1) is 7.11 Å². The van der Waals surface area contributed by atoms with E-state index in [0.717, 1.165) is 12.3 Å². The highest BCUT2D eigenvalue weighted by Crippen LogP contribution is 2.31. The lowest BCUT2D eigenvalue weighted by atomic mass is 10.2. The van der Waals surface area contributed by atoms with Crippen molar-refractivity contribution in [3.8, 4) is 17.2 Å². The molecule has 4 rings (SSSR count). The highest BCUT2D eigenvalue weighted by atomic mass is 16.6. The van der Waals surface area contributed by atoms with Gasteiger partial charge in [-0.2, -0.15) is 0 Å². The van der Waals surface area contributed by atoms with Crippen LogP contribution in [0.2, 0.25) is 0 Å². The van der Waals surface area contributed by atoms with Gasteiger partial charge in [0.15, 0.2) is 17.3 Å². The zero-order valence-electron chi connectivity index (χ0n) is 15.8. The van der Waals surface area contributed by atoms with Crippen molar-refractivity contribution in [1.82, 2.24) is 9.80 Å². The maximum absolute atomic E-state index is 12.8. The third-order valence-electron chi connectivity index (χ3n) is 4.89. The predicted octanol–water partition coefficient (Wildman–Crippen LogP) is 0.773. The molecule has 1 fully saturated rings. The molecule has 1 aromatic carbocycles. The number of para-hydroxylation sites is 2. The monoisotopic (exact) mass is 400 g/mol. The first-order valence-corrected chi connectivity index (χ1v) is 9.20. The van der Waals surface area contributed by atoms with Gasteiger partial charge in [0.2, 0.25) is 17.3 Å². The summed E-state index contributed by atoms with van der Waals surface area (Å²) < 4.78 is 21.4. The van der Waals surface area contributed by atoms with Crippen molar-refractivity contribution >= 4 is 11.8 Å². The van der Waals surface area contributed by atoms with Crippen LogP contribution in [0.15, 0.2) is 45.8 Å².